The number of hydrogen-bond acceptors (Lipinski definition) is 4. The Morgan fingerprint density at radius 1 is 1.81 bits per heavy atom. The van der Waals surface area contributed by atoms with Gasteiger partial charge in [0.2, 0.25) is 5.91 Å². The lowest BCUT2D eigenvalue weighted by Crippen LogP contribution is -2.39. The minimum atomic E-state index is 0.0265. The molecule has 16 heavy (non-hydrogen) atoms. The molecule has 6 nitrogen and oxygen atoms in total. The largest absolute Gasteiger partial charge is 0.382 e. The van der Waals surface area contributed by atoms with E-state index in [1.807, 2.05) is 0 Å². The summed E-state index contributed by atoms with van der Waals surface area (Å²) in [4.78, 5) is 13.6. The molecule has 2 heterocycles. The lowest BCUT2D eigenvalue weighted by atomic mass is 10.2. The molecule has 0 spiro atoms. The van der Waals surface area contributed by atoms with Gasteiger partial charge < -0.3 is 15.4 Å². The monoisotopic (exact) mass is 224 g/mol. The summed E-state index contributed by atoms with van der Waals surface area (Å²) in [6.45, 7) is 1.59. The van der Waals surface area contributed by atoms with Crippen LogP contribution in [0.2, 0.25) is 0 Å². The molecule has 1 fully saturated rings. The van der Waals surface area contributed by atoms with Crippen LogP contribution in [0.5, 0.6) is 0 Å². The van der Waals surface area contributed by atoms with E-state index in [1.165, 1.54) is 0 Å². The summed E-state index contributed by atoms with van der Waals surface area (Å²) < 4.78 is 6.79. The first-order valence-electron chi connectivity index (χ1n) is 5.29. The molecule has 1 saturated heterocycles. The van der Waals surface area contributed by atoms with Gasteiger partial charge in [-0.2, -0.15) is 5.10 Å². The van der Waals surface area contributed by atoms with E-state index in [4.69, 9.17) is 10.5 Å². The average Bonchev–Trinajstić information content (AvgIpc) is 2.88. The molecule has 2 N–H and O–H groups in total. The smallest absolute Gasteiger partial charge is 0.244 e. The second-order valence-electron chi connectivity index (χ2n) is 3.96. The zero-order chi connectivity index (χ0) is 11.5. The standard InChI is InChI=1S/C10H16N4O2/c1-13(8-3-5-16-7-8)10(15)6-14-4-2-9(11)12-14/h2,4,8H,3,5-7H2,1H3,(H2,11,12). The number of aromatic nitrogens is 2. The van der Waals surface area contributed by atoms with E-state index in [0.29, 0.717) is 12.4 Å². The highest BCUT2D eigenvalue weighted by Gasteiger charge is 2.24. The number of anilines is 1. The van der Waals surface area contributed by atoms with Gasteiger partial charge in [0.05, 0.1) is 12.6 Å². The molecule has 1 aliphatic rings. The van der Waals surface area contributed by atoms with Crippen molar-refractivity contribution in [3.63, 3.8) is 0 Å². The molecule has 1 aromatic heterocycles. The van der Waals surface area contributed by atoms with Crippen LogP contribution in [-0.4, -0.2) is 46.9 Å². The molecule has 1 atom stereocenters. The number of carbonyl (C=O) groups is 1. The van der Waals surface area contributed by atoms with E-state index in [2.05, 4.69) is 5.10 Å². The predicted molar refractivity (Wildman–Crippen MR) is 58.6 cm³/mol. The highest BCUT2D eigenvalue weighted by Crippen LogP contribution is 2.11. The molecule has 1 unspecified atom stereocenters. The lowest BCUT2D eigenvalue weighted by Gasteiger charge is -2.22. The fraction of sp³-hybridized carbons (Fsp3) is 0.600. The third kappa shape index (κ3) is 2.33. The maximum atomic E-state index is 11.9. The van der Waals surface area contributed by atoms with Crippen LogP contribution in [0.3, 0.4) is 0 Å². The van der Waals surface area contributed by atoms with E-state index < -0.39 is 0 Å². The number of amides is 1. The number of nitrogens with two attached hydrogens (primary N) is 1. The highest BCUT2D eigenvalue weighted by atomic mass is 16.5. The Hall–Kier alpha value is -1.56. The number of nitrogens with zero attached hydrogens (tertiary/aromatic N) is 3. The van der Waals surface area contributed by atoms with Gasteiger partial charge in [0, 0.05) is 19.9 Å². The zero-order valence-electron chi connectivity index (χ0n) is 9.30. The Bertz CT molecular complexity index is 371. The van der Waals surface area contributed by atoms with E-state index in [-0.39, 0.29) is 18.5 Å². The Balaban J connectivity index is 1.92. The number of rotatable bonds is 3. The minimum Gasteiger partial charge on any atom is -0.382 e. The molecule has 0 aromatic carbocycles. The summed E-state index contributed by atoms with van der Waals surface area (Å²) in [5.41, 5.74) is 5.48. The topological polar surface area (TPSA) is 73.4 Å². The van der Waals surface area contributed by atoms with E-state index in [1.54, 1.807) is 28.9 Å². The van der Waals surface area contributed by atoms with Gasteiger partial charge in [-0.05, 0) is 12.5 Å². The molecule has 1 aliphatic heterocycles. The maximum absolute atomic E-state index is 11.9. The summed E-state index contributed by atoms with van der Waals surface area (Å²) in [7, 11) is 1.80. The van der Waals surface area contributed by atoms with Gasteiger partial charge in [0.25, 0.3) is 0 Å². The van der Waals surface area contributed by atoms with Gasteiger partial charge in [-0.3, -0.25) is 9.48 Å². The number of ether oxygens (including phenoxy) is 1. The Labute approximate surface area is 94.0 Å². The molecule has 0 saturated carbocycles. The molecular weight excluding hydrogens is 208 g/mol. The normalized spacial score (nSPS) is 19.9. The SMILES string of the molecule is CN(C(=O)Cn1ccc(N)n1)C1CCOC1. The van der Waals surface area contributed by atoms with Gasteiger partial charge in [0.1, 0.15) is 12.4 Å². The molecule has 1 aromatic rings. The lowest BCUT2D eigenvalue weighted by molar-refractivity contribution is -0.132. The first-order chi connectivity index (χ1) is 7.66. The van der Waals surface area contributed by atoms with Crippen molar-refractivity contribution in [2.24, 2.45) is 0 Å². The zero-order valence-corrected chi connectivity index (χ0v) is 9.30. The second kappa shape index (κ2) is 4.52. The number of carbonyl (C=O) groups excluding carboxylic acids is 1. The van der Waals surface area contributed by atoms with Gasteiger partial charge in [-0.15, -0.1) is 0 Å². The van der Waals surface area contributed by atoms with Gasteiger partial charge in [0.15, 0.2) is 0 Å². The highest BCUT2D eigenvalue weighted by molar-refractivity contribution is 5.76. The van der Waals surface area contributed by atoms with E-state index >= 15 is 0 Å². The summed E-state index contributed by atoms with van der Waals surface area (Å²) in [6.07, 6.45) is 2.61. The average molecular weight is 224 g/mol. The molecule has 0 radical (unpaired) electrons. The predicted octanol–water partition coefficient (Wildman–Crippen LogP) is -0.287. The first kappa shape index (κ1) is 10.9. The van der Waals surface area contributed by atoms with Crippen LogP contribution in [0.15, 0.2) is 12.3 Å². The van der Waals surface area contributed by atoms with Crippen molar-refractivity contribution in [3.05, 3.63) is 12.3 Å². The first-order valence-corrected chi connectivity index (χ1v) is 5.29. The van der Waals surface area contributed by atoms with Crippen LogP contribution in [-0.2, 0) is 16.1 Å². The van der Waals surface area contributed by atoms with Crippen LogP contribution in [0.25, 0.3) is 0 Å². The molecule has 0 bridgehead atoms. The molecule has 0 aliphatic carbocycles. The summed E-state index contributed by atoms with van der Waals surface area (Å²) >= 11 is 0. The second-order valence-corrected chi connectivity index (χ2v) is 3.96. The van der Waals surface area contributed by atoms with Crippen molar-refractivity contribution in [1.82, 2.24) is 14.7 Å². The summed E-state index contributed by atoms with van der Waals surface area (Å²) in [6, 6.07) is 1.87. The number of nitrogen functional groups attached to an aromatic ring is 1. The molecule has 2 rings (SSSR count). The third-order valence-electron chi connectivity index (χ3n) is 2.81. The third-order valence-corrected chi connectivity index (χ3v) is 2.81. The van der Waals surface area contributed by atoms with E-state index in [9.17, 15) is 4.79 Å². The Morgan fingerprint density at radius 3 is 3.19 bits per heavy atom. The van der Waals surface area contributed by atoms with Crippen molar-refractivity contribution < 1.29 is 9.53 Å². The van der Waals surface area contributed by atoms with Gasteiger partial charge in [-0.1, -0.05) is 0 Å². The summed E-state index contributed by atoms with van der Waals surface area (Å²) in [5.74, 6) is 0.457. The quantitative estimate of drug-likeness (QED) is 0.766. The van der Waals surface area contributed by atoms with Crippen molar-refractivity contribution in [2.45, 2.75) is 19.0 Å². The molecular formula is C10H16N4O2. The fourth-order valence-electron chi connectivity index (χ4n) is 1.75. The number of likely N-dealkylation sites (N-methyl/N-ethyl adjacent to an activating group) is 1. The van der Waals surface area contributed by atoms with Crippen molar-refractivity contribution in [1.29, 1.82) is 0 Å². The minimum absolute atomic E-state index is 0.0265. The van der Waals surface area contributed by atoms with Gasteiger partial charge >= 0.3 is 0 Å². The van der Waals surface area contributed by atoms with Crippen molar-refractivity contribution in [3.8, 4) is 0 Å². The van der Waals surface area contributed by atoms with Crippen LogP contribution < -0.4 is 5.73 Å². The van der Waals surface area contributed by atoms with Crippen LogP contribution in [0, 0.1) is 0 Å². The van der Waals surface area contributed by atoms with Crippen molar-refractivity contribution in [2.75, 3.05) is 26.0 Å². The van der Waals surface area contributed by atoms with Crippen LogP contribution in [0.4, 0.5) is 5.82 Å². The van der Waals surface area contributed by atoms with Crippen LogP contribution >= 0.6 is 0 Å². The molecule has 88 valence electrons. The Kier molecular flexibility index (Phi) is 3.09. The van der Waals surface area contributed by atoms with Crippen molar-refractivity contribution >= 4 is 11.7 Å². The van der Waals surface area contributed by atoms with Crippen LogP contribution in [0.1, 0.15) is 6.42 Å². The van der Waals surface area contributed by atoms with Gasteiger partial charge in [-0.25, -0.2) is 0 Å². The molecule has 6 heteroatoms. The Morgan fingerprint density at radius 2 is 2.62 bits per heavy atom. The maximum Gasteiger partial charge on any atom is 0.244 e. The van der Waals surface area contributed by atoms with E-state index in [0.717, 1.165) is 13.0 Å². The summed E-state index contributed by atoms with van der Waals surface area (Å²) in [5, 5.41) is 3.98. The molecule has 1 amide bonds. The fourth-order valence-corrected chi connectivity index (χ4v) is 1.75. The number of hydrogen-bond donors (Lipinski definition) is 1.